The molecule has 17 heavy (non-hydrogen) atoms. The number of halogens is 1. The highest BCUT2D eigenvalue weighted by Crippen LogP contribution is 2.30. The van der Waals surface area contributed by atoms with E-state index < -0.39 is 0 Å². The van der Waals surface area contributed by atoms with Gasteiger partial charge in [-0.25, -0.2) is 4.98 Å². The van der Waals surface area contributed by atoms with Crippen LogP contribution in [0.25, 0.3) is 11.0 Å². The van der Waals surface area contributed by atoms with Crippen LogP contribution in [0.15, 0.2) is 27.9 Å². The Morgan fingerprint density at radius 2 is 2.35 bits per heavy atom. The number of aryl methyl sites for hydroxylation is 1. The number of nitrogens with one attached hydrogen (secondary N) is 2. The monoisotopic (exact) mass is 293 g/mol. The van der Waals surface area contributed by atoms with Gasteiger partial charge in [-0.15, -0.1) is 0 Å². The number of hydrogen-bond donors (Lipinski definition) is 2. The lowest BCUT2D eigenvalue weighted by molar-refractivity contribution is 0.948. The van der Waals surface area contributed by atoms with Crippen LogP contribution in [0.2, 0.25) is 0 Å². The van der Waals surface area contributed by atoms with E-state index in [2.05, 4.69) is 36.5 Å². The lowest BCUT2D eigenvalue weighted by atomic mass is 10.2. The van der Waals surface area contributed by atoms with Crippen LogP contribution in [0.3, 0.4) is 0 Å². The summed E-state index contributed by atoms with van der Waals surface area (Å²) in [6.45, 7) is 1.72. The molecule has 0 amide bonds. The van der Waals surface area contributed by atoms with E-state index in [-0.39, 0.29) is 0 Å². The summed E-state index contributed by atoms with van der Waals surface area (Å²) in [5.74, 6) is 0.820. The largest absolute Gasteiger partial charge is 0.354 e. The number of fused-ring (bicyclic) bond motifs is 1. The quantitative estimate of drug-likeness (QED) is 0.842. The molecule has 2 aromatic rings. The first-order chi connectivity index (χ1) is 8.25. The Hall–Kier alpha value is -1.56. The SMILES string of the molecule is Cn1cnc2c(Br)c(NC3=NCCN3)ccc21. The number of aliphatic imine (C=N–C) groups is 1. The Labute approximate surface area is 107 Å². The van der Waals surface area contributed by atoms with Gasteiger partial charge in [0.05, 0.1) is 28.5 Å². The van der Waals surface area contributed by atoms with Gasteiger partial charge in [0.15, 0.2) is 5.96 Å². The first-order valence-electron chi connectivity index (χ1n) is 5.40. The van der Waals surface area contributed by atoms with Gasteiger partial charge in [-0.05, 0) is 28.1 Å². The van der Waals surface area contributed by atoms with Crippen molar-refractivity contribution in [3.05, 3.63) is 22.9 Å². The minimum atomic E-state index is 0.820. The molecule has 0 unspecified atom stereocenters. The van der Waals surface area contributed by atoms with Gasteiger partial charge in [-0.2, -0.15) is 0 Å². The molecular formula is C11H12BrN5. The first-order valence-corrected chi connectivity index (χ1v) is 6.20. The third kappa shape index (κ3) is 1.78. The summed E-state index contributed by atoms with van der Waals surface area (Å²) in [6.07, 6.45) is 1.81. The molecule has 5 nitrogen and oxygen atoms in total. The van der Waals surface area contributed by atoms with E-state index in [1.807, 2.05) is 30.1 Å². The fourth-order valence-corrected chi connectivity index (χ4v) is 2.41. The van der Waals surface area contributed by atoms with Crippen molar-refractivity contribution >= 4 is 38.6 Å². The summed E-state index contributed by atoms with van der Waals surface area (Å²) in [4.78, 5) is 8.67. The van der Waals surface area contributed by atoms with Crippen LogP contribution in [0, 0.1) is 0 Å². The number of aromatic nitrogens is 2. The predicted molar refractivity (Wildman–Crippen MR) is 72.3 cm³/mol. The van der Waals surface area contributed by atoms with E-state index in [1.165, 1.54) is 0 Å². The van der Waals surface area contributed by atoms with Gasteiger partial charge in [0, 0.05) is 13.6 Å². The lowest BCUT2D eigenvalue weighted by Gasteiger charge is -2.09. The summed E-state index contributed by atoms with van der Waals surface area (Å²) >= 11 is 3.58. The highest BCUT2D eigenvalue weighted by atomic mass is 79.9. The number of imidazole rings is 1. The Morgan fingerprint density at radius 1 is 1.47 bits per heavy atom. The van der Waals surface area contributed by atoms with Crippen molar-refractivity contribution in [1.29, 1.82) is 0 Å². The molecule has 1 aromatic heterocycles. The van der Waals surface area contributed by atoms with Crippen LogP contribution >= 0.6 is 15.9 Å². The summed E-state index contributed by atoms with van der Waals surface area (Å²) < 4.78 is 2.96. The van der Waals surface area contributed by atoms with Gasteiger partial charge in [0.2, 0.25) is 0 Å². The minimum Gasteiger partial charge on any atom is -0.354 e. The molecule has 0 fully saturated rings. The lowest BCUT2D eigenvalue weighted by Crippen LogP contribution is -2.26. The highest BCUT2D eigenvalue weighted by Gasteiger charge is 2.11. The molecular weight excluding hydrogens is 282 g/mol. The van der Waals surface area contributed by atoms with Crippen molar-refractivity contribution in [3.8, 4) is 0 Å². The minimum absolute atomic E-state index is 0.820. The maximum absolute atomic E-state index is 4.37. The van der Waals surface area contributed by atoms with Gasteiger partial charge < -0.3 is 15.2 Å². The van der Waals surface area contributed by atoms with Crippen LogP contribution in [0.4, 0.5) is 5.69 Å². The molecule has 0 atom stereocenters. The molecule has 0 saturated carbocycles. The molecule has 0 bridgehead atoms. The van der Waals surface area contributed by atoms with Crippen LogP contribution in [-0.2, 0) is 7.05 Å². The zero-order valence-corrected chi connectivity index (χ0v) is 11.0. The van der Waals surface area contributed by atoms with Crippen LogP contribution < -0.4 is 10.6 Å². The maximum Gasteiger partial charge on any atom is 0.195 e. The molecule has 88 valence electrons. The molecule has 2 N–H and O–H groups in total. The predicted octanol–water partition coefficient (Wildman–Crippen LogP) is 1.71. The fraction of sp³-hybridized carbons (Fsp3) is 0.273. The van der Waals surface area contributed by atoms with Gasteiger partial charge in [0.1, 0.15) is 5.52 Å². The maximum atomic E-state index is 4.37. The van der Waals surface area contributed by atoms with Crippen LogP contribution in [-0.4, -0.2) is 28.6 Å². The van der Waals surface area contributed by atoms with E-state index in [0.29, 0.717) is 0 Å². The normalized spacial score (nSPS) is 14.8. The molecule has 1 aliphatic rings. The average Bonchev–Trinajstić information content (AvgIpc) is 2.93. The molecule has 0 spiro atoms. The highest BCUT2D eigenvalue weighted by molar-refractivity contribution is 9.10. The van der Waals surface area contributed by atoms with Gasteiger partial charge in [-0.3, -0.25) is 4.99 Å². The summed E-state index contributed by atoms with van der Waals surface area (Å²) in [5, 5.41) is 6.43. The molecule has 1 aliphatic heterocycles. The fourth-order valence-electron chi connectivity index (χ4n) is 1.87. The van der Waals surface area contributed by atoms with Crippen molar-refractivity contribution in [3.63, 3.8) is 0 Å². The second kappa shape index (κ2) is 4.03. The zero-order valence-electron chi connectivity index (χ0n) is 9.37. The molecule has 1 aromatic carbocycles. The molecule has 6 heteroatoms. The van der Waals surface area contributed by atoms with Crippen molar-refractivity contribution in [2.75, 3.05) is 18.4 Å². The standard InChI is InChI=1S/C11H12BrN5/c1-17-6-15-10-8(17)3-2-7(9(10)12)16-11-13-4-5-14-11/h2-3,6H,4-5H2,1H3,(H2,13,14,16). The van der Waals surface area contributed by atoms with Crippen molar-refractivity contribution in [2.24, 2.45) is 12.0 Å². The third-order valence-electron chi connectivity index (χ3n) is 2.76. The molecule has 2 heterocycles. The number of benzene rings is 1. The third-order valence-corrected chi connectivity index (χ3v) is 3.56. The Morgan fingerprint density at radius 3 is 3.12 bits per heavy atom. The van der Waals surface area contributed by atoms with Crippen molar-refractivity contribution in [1.82, 2.24) is 14.9 Å². The Kier molecular flexibility index (Phi) is 2.51. The summed E-state index contributed by atoms with van der Waals surface area (Å²) in [7, 11) is 1.98. The molecule has 0 radical (unpaired) electrons. The van der Waals surface area contributed by atoms with E-state index in [9.17, 15) is 0 Å². The number of guanidine groups is 1. The van der Waals surface area contributed by atoms with Gasteiger partial charge in [-0.1, -0.05) is 0 Å². The summed E-state index contributed by atoms with van der Waals surface area (Å²) in [6, 6.07) is 4.07. The molecule has 0 saturated heterocycles. The number of rotatable bonds is 1. The Bertz CT molecular complexity index is 601. The smallest absolute Gasteiger partial charge is 0.195 e. The van der Waals surface area contributed by atoms with Gasteiger partial charge >= 0.3 is 0 Å². The zero-order chi connectivity index (χ0) is 11.8. The van der Waals surface area contributed by atoms with E-state index in [4.69, 9.17) is 0 Å². The van der Waals surface area contributed by atoms with Crippen LogP contribution in [0.5, 0.6) is 0 Å². The van der Waals surface area contributed by atoms with Crippen LogP contribution in [0.1, 0.15) is 0 Å². The van der Waals surface area contributed by atoms with Crippen molar-refractivity contribution in [2.45, 2.75) is 0 Å². The average molecular weight is 294 g/mol. The second-order valence-corrected chi connectivity index (χ2v) is 4.73. The van der Waals surface area contributed by atoms with E-state index in [1.54, 1.807) is 0 Å². The van der Waals surface area contributed by atoms with E-state index >= 15 is 0 Å². The van der Waals surface area contributed by atoms with E-state index in [0.717, 1.165) is 40.2 Å². The Balaban J connectivity index is 2.02. The summed E-state index contributed by atoms with van der Waals surface area (Å²) in [5.41, 5.74) is 3.03. The molecule has 3 rings (SSSR count). The number of anilines is 1. The molecule has 0 aliphatic carbocycles. The second-order valence-electron chi connectivity index (χ2n) is 3.93. The number of nitrogens with zero attached hydrogens (tertiary/aromatic N) is 3. The van der Waals surface area contributed by atoms with Gasteiger partial charge in [0.25, 0.3) is 0 Å². The van der Waals surface area contributed by atoms with Crippen molar-refractivity contribution < 1.29 is 0 Å². The number of hydrogen-bond acceptors (Lipinski definition) is 4. The first kappa shape index (κ1) is 10.6. The topological polar surface area (TPSA) is 54.2 Å².